The van der Waals surface area contributed by atoms with E-state index in [1.165, 1.54) is 7.11 Å². The first kappa shape index (κ1) is 11.3. The minimum atomic E-state index is -0.245. The van der Waals surface area contributed by atoms with Gasteiger partial charge in [0.25, 0.3) is 0 Å². The number of aromatic nitrogens is 2. The summed E-state index contributed by atoms with van der Waals surface area (Å²) in [4.78, 5) is 11.0. The number of hydrogen-bond donors (Lipinski definition) is 1. The van der Waals surface area contributed by atoms with E-state index in [1.807, 2.05) is 24.3 Å². The molecule has 5 nitrogen and oxygen atoms in total. The Balaban J connectivity index is 2.11. The highest BCUT2D eigenvalue weighted by Gasteiger charge is 2.04. The number of ether oxygens (including phenoxy) is 1. The van der Waals surface area contributed by atoms with Crippen LogP contribution in [0.2, 0.25) is 0 Å². The number of nitrogens with one attached hydrogen (secondary N) is 1. The van der Waals surface area contributed by atoms with Crippen LogP contribution < -0.4 is 5.32 Å². The summed E-state index contributed by atoms with van der Waals surface area (Å²) in [6.07, 6.45) is 2.02. The van der Waals surface area contributed by atoms with Crippen molar-refractivity contribution >= 4 is 22.6 Å². The zero-order valence-corrected chi connectivity index (χ0v) is 9.51. The monoisotopic (exact) mass is 231 g/mol. The predicted molar refractivity (Wildman–Crippen MR) is 64.7 cm³/mol. The third-order valence-corrected chi connectivity index (χ3v) is 2.42. The number of rotatable bonds is 4. The number of carbonyl (C=O) groups is 1. The van der Waals surface area contributed by atoms with Gasteiger partial charge in [-0.3, -0.25) is 4.79 Å². The summed E-state index contributed by atoms with van der Waals surface area (Å²) >= 11 is 0. The van der Waals surface area contributed by atoms with Gasteiger partial charge in [0.15, 0.2) is 5.82 Å². The molecule has 88 valence electrons. The molecule has 1 N–H and O–H groups in total. The second-order valence-electron chi connectivity index (χ2n) is 3.53. The number of hydrogen-bond acceptors (Lipinski definition) is 5. The lowest BCUT2D eigenvalue weighted by Gasteiger charge is -2.06. The number of fused-ring (bicyclic) bond motifs is 1. The lowest BCUT2D eigenvalue weighted by Crippen LogP contribution is -2.11. The highest BCUT2D eigenvalue weighted by Crippen LogP contribution is 2.18. The fraction of sp³-hybridized carbons (Fsp3) is 0.250. The van der Waals surface area contributed by atoms with E-state index in [-0.39, 0.29) is 5.97 Å². The summed E-state index contributed by atoms with van der Waals surface area (Å²) in [7, 11) is 1.38. The van der Waals surface area contributed by atoms with Crippen molar-refractivity contribution < 1.29 is 9.53 Å². The standard InChI is InChI=1S/C12H13N3O2/c1-17-11(16)6-7-13-12-10-5-3-2-4-9(10)8-14-15-12/h2-5,8H,6-7H2,1H3,(H,13,15). The smallest absolute Gasteiger partial charge is 0.307 e. The van der Waals surface area contributed by atoms with Crippen molar-refractivity contribution in [1.82, 2.24) is 10.2 Å². The second-order valence-corrected chi connectivity index (χ2v) is 3.53. The second kappa shape index (κ2) is 5.25. The number of carbonyl (C=O) groups excluding carboxylic acids is 1. The molecule has 0 saturated carbocycles. The number of anilines is 1. The van der Waals surface area contributed by atoms with E-state index in [0.717, 1.165) is 10.8 Å². The van der Waals surface area contributed by atoms with Crippen molar-refractivity contribution in [1.29, 1.82) is 0 Å². The van der Waals surface area contributed by atoms with Crippen LogP contribution in [-0.4, -0.2) is 29.8 Å². The maximum absolute atomic E-state index is 11.0. The Kier molecular flexibility index (Phi) is 3.49. The van der Waals surface area contributed by atoms with Gasteiger partial charge in [-0.05, 0) is 0 Å². The molecule has 2 aromatic rings. The molecule has 0 saturated heterocycles. The highest BCUT2D eigenvalue weighted by molar-refractivity contribution is 5.90. The molecule has 0 spiro atoms. The van der Waals surface area contributed by atoms with E-state index in [1.54, 1.807) is 6.20 Å². The normalized spacial score (nSPS) is 10.2. The van der Waals surface area contributed by atoms with Crippen LogP contribution in [0.4, 0.5) is 5.82 Å². The van der Waals surface area contributed by atoms with Crippen molar-refractivity contribution in [3.63, 3.8) is 0 Å². The molecule has 0 unspecified atom stereocenters. The van der Waals surface area contributed by atoms with Gasteiger partial charge in [0.05, 0.1) is 19.7 Å². The molecule has 1 heterocycles. The van der Waals surface area contributed by atoms with Crippen LogP contribution in [0.25, 0.3) is 10.8 Å². The van der Waals surface area contributed by atoms with Crippen molar-refractivity contribution in [2.24, 2.45) is 0 Å². The molecule has 2 rings (SSSR count). The van der Waals surface area contributed by atoms with Crippen molar-refractivity contribution in [3.8, 4) is 0 Å². The SMILES string of the molecule is COC(=O)CCNc1nncc2ccccc12. The van der Waals surface area contributed by atoms with E-state index in [4.69, 9.17) is 0 Å². The molecule has 0 bridgehead atoms. The molecule has 5 heteroatoms. The molecule has 0 atom stereocenters. The molecule has 0 aliphatic carbocycles. The van der Waals surface area contributed by atoms with Gasteiger partial charge in [-0.15, -0.1) is 5.10 Å². The first-order valence-corrected chi connectivity index (χ1v) is 5.32. The van der Waals surface area contributed by atoms with Crippen LogP contribution >= 0.6 is 0 Å². The Hall–Kier alpha value is -2.17. The number of benzene rings is 1. The van der Waals surface area contributed by atoms with Crippen LogP contribution in [0.15, 0.2) is 30.5 Å². The summed E-state index contributed by atoms with van der Waals surface area (Å²) in [6.45, 7) is 0.482. The maximum Gasteiger partial charge on any atom is 0.307 e. The summed E-state index contributed by atoms with van der Waals surface area (Å²) < 4.78 is 4.56. The predicted octanol–water partition coefficient (Wildman–Crippen LogP) is 1.60. The Labute approximate surface area is 98.8 Å². The summed E-state index contributed by atoms with van der Waals surface area (Å²) in [5.41, 5.74) is 0. The topological polar surface area (TPSA) is 64.1 Å². The van der Waals surface area contributed by atoms with E-state index in [2.05, 4.69) is 20.3 Å². The zero-order valence-electron chi connectivity index (χ0n) is 9.51. The number of nitrogens with zero attached hydrogens (tertiary/aromatic N) is 2. The highest BCUT2D eigenvalue weighted by atomic mass is 16.5. The molecule has 0 aliphatic heterocycles. The molecule has 0 aliphatic rings. The molecule has 17 heavy (non-hydrogen) atoms. The molecule has 0 radical (unpaired) electrons. The maximum atomic E-state index is 11.0. The molecule has 0 fully saturated rings. The van der Waals surface area contributed by atoms with Crippen molar-refractivity contribution in [3.05, 3.63) is 30.5 Å². The fourth-order valence-corrected chi connectivity index (χ4v) is 1.54. The quantitative estimate of drug-likeness (QED) is 0.810. The van der Waals surface area contributed by atoms with Gasteiger partial charge in [-0.2, -0.15) is 5.10 Å². The van der Waals surface area contributed by atoms with Crippen molar-refractivity contribution in [2.45, 2.75) is 6.42 Å². The largest absolute Gasteiger partial charge is 0.469 e. The Morgan fingerprint density at radius 3 is 3.06 bits per heavy atom. The Bertz CT molecular complexity index is 523. The molecule has 1 aromatic heterocycles. The van der Waals surface area contributed by atoms with Gasteiger partial charge in [-0.25, -0.2) is 0 Å². The van der Waals surface area contributed by atoms with Crippen LogP contribution in [0.5, 0.6) is 0 Å². The molecular weight excluding hydrogens is 218 g/mol. The summed E-state index contributed by atoms with van der Waals surface area (Å²) in [5.74, 6) is 0.442. The van der Waals surface area contributed by atoms with E-state index in [9.17, 15) is 4.79 Å². The van der Waals surface area contributed by atoms with Gasteiger partial charge in [0, 0.05) is 17.3 Å². The van der Waals surface area contributed by atoms with Gasteiger partial charge < -0.3 is 10.1 Å². The average molecular weight is 231 g/mol. The Morgan fingerprint density at radius 1 is 1.41 bits per heavy atom. The van der Waals surface area contributed by atoms with Gasteiger partial charge >= 0.3 is 5.97 Å². The minimum Gasteiger partial charge on any atom is -0.469 e. The summed E-state index contributed by atoms with van der Waals surface area (Å²) in [6, 6.07) is 7.82. The third-order valence-electron chi connectivity index (χ3n) is 2.42. The van der Waals surface area contributed by atoms with Crippen LogP contribution in [-0.2, 0) is 9.53 Å². The van der Waals surface area contributed by atoms with Crippen LogP contribution in [0.1, 0.15) is 6.42 Å². The molecule has 1 aromatic carbocycles. The minimum absolute atomic E-state index is 0.245. The first-order valence-electron chi connectivity index (χ1n) is 5.32. The molecule has 0 amide bonds. The first-order chi connectivity index (χ1) is 8.31. The zero-order chi connectivity index (χ0) is 12.1. The van der Waals surface area contributed by atoms with E-state index >= 15 is 0 Å². The summed E-state index contributed by atoms with van der Waals surface area (Å²) in [5, 5.41) is 13.0. The van der Waals surface area contributed by atoms with Gasteiger partial charge in [0.1, 0.15) is 0 Å². The van der Waals surface area contributed by atoms with Crippen LogP contribution in [0.3, 0.4) is 0 Å². The average Bonchev–Trinajstić information content (AvgIpc) is 2.39. The van der Waals surface area contributed by atoms with Crippen molar-refractivity contribution in [2.75, 3.05) is 19.0 Å². The number of methoxy groups -OCH3 is 1. The Morgan fingerprint density at radius 2 is 2.24 bits per heavy atom. The van der Waals surface area contributed by atoms with E-state index < -0.39 is 0 Å². The van der Waals surface area contributed by atoms with Gasteiger partial charge in [-0.1, -0.05) is 24.3 Å². The lowest BCUT2D eigenvalue weighted by atomic mass is 10.2. The van der Waals surface area contributed by atoms with E-state index in [0.29, 0.717) is 18.8 Å². The molecular formula is C12H13N3O2. The van der Waals surface area contributed by atoms with Gasteiger partial charge in [0.2, 0.25) is 0 Å². The lowest BCUT2D eigenvalue weighted by molar-refractivity contribution is -0.140. The van der Waals surface area contributed by atoms with Crippen LogP contribution in [0, 0.1) is 0 Å². The number of esters is 1. The fourth-order valence-electron chi connectivity index (χ4n) is 1.54. The third kappa shape index (κ3) is 2.69.